The molecule has 1 heterocycles. The summed E-state index contributed by atoms with van der Waals surface area (Å²) in [6, 6.07) is 6.39. The van der Waals surface area contributed by atoms with Crippen LogP contribution < -0.4 is 20.1 Å². The third-order valence-corrected chi connectivity index (χ3v) is 3.87. The molecule has 1 aromatic rings. The molecule has 24 heavy (non-hydrogen) atoms. The van der Waals surface area contributed by atoms with Gasteiger partial charge in [-0.1, -0.05) is 0 Å². The van der Waals surface area contributed by atoms with Gasteiger partial charge < -0.3 is 25.0 Å². The smallest absolute Gasteiger partial charge is 0.195 e. The van der Waals surface area contributed by atoms with Crippen molar-refractivity contribution in [2.45, 2.75) is 26.3 Å². The summed E-state index contributed by atoms with van der Waals surface area (Å²) in [5.41, 5.74) is 0.930. The van der Waals surface area contributed by atoms with E-state index in [1.54, 1.807) is 7.05 Å². The quantitative estimate of drug-likeness (QED) is 0.412. The van der Waals surface area contributed by atoms with Crippen molar-refractivity contribution in [1.82, 2.24) is 10.2 Å². The minimum absolute atomic E-state index is 0. The van der Waals surface area contributed by atoms with Crippen molar-refractivity contribution in [2.75, 3.05) is 45.7 Å². The molecule has 7 heteroatoms. The molecule has 0 amide bonds. The van der Waals surface area contributed by atoms with E-state index >= 15 is 0 Å². The highest BCUT2D eigenvalue weighted by Crippen LogP contribution is 2.32. The van der Waals surface area contributed by atoms with Crippen LogP contribution in [0.3, 0.4) is 0 Å². The van der Waals surface area contributed by atoms with E-state index in [9.17, 15) is 0 Å². The zero-order chi connectivity index (χ0) is 16.7. The number of hydrogen-bond acceptors (Lipinski definition) is 4. The molecule has 0 aliphatic carbocycles. The normalized spacial score (nSPS) is 14.2. The molecule has 1 aliphatic rings. The van der Waals surface area contributed by atoms with Gasteiger partial charge in [0.05, 0.1) is 13.2 Å². The Kier molecular flexibility index (Phi) is 9.20. The van der Waals surface area contributed by atoms with Crippen LogP contribution in [-0.2, 0) is 0 Å². The predicted octanol–water partition coefficient (Wildman–Crippen LogP) is 2.79. The molecule has 6 nitrogen and oxygen atoms in total. The van der Waals surface area contributed by atoms with Crippen LogP contribution in [0.15, 0.2) is 23.2 Å². The Morgan fingerprint density at radius 3 is 2.62 bits per heavy atom. The summed E-state index contributed by atoms with van der Waals surface area (Å²) in [6.45, 7) is 7.55. The van der Waals surface area contributed by atoms with Gasteiger partial charge in [-0.25, -0.2) is 0 Å². The van der Waals surface area contributed by atoms with Crippen LogP contribution >= 0.6 is 24.0 Å². The van der Waals surface area contributed by atoms with Gasteiger partial charge in [0.15, 0.2) is 17.5 Å². The van der Waals surface area contributed by atoms with E-state index in [2.05, 4.69) is 41.4 Å². The molecule has 0 bridgehead atoms. The first kappa shape index (κ1) is 20.8. The van der Waals surface area contributed by atoms with Crippen molar-refractivity contribution in [3.8, 4) is 11.5 Å². The van der Waals surface area contributed by atoms with Crippen molar-refractivity contribution < 1.29 is 9.47 Å². The number of nitrogens with one attached hydrogen (secondary N) is 2. The molecule has 0 radical (unpaired) electrons. The summed E-state index contributed by atoms with van der Waals surface area (Å²) in [5, 5.41) is 6.61. The number of ether oxygens (including phenoxy) is 2. The number of nitrogens with zero attached hydrogens (tertiary/aromatic N) is 2. The summed E-state index contributed by atoms with van der Waals surface area (Å²) in [5.74, 6) is 2.33. The summed E-state index contributed by atoms with van der Waals surface area (Å²) in [4.78, 5) is 6.55. The zero-order valence-electron chi connectivity index (χ0n) is 15.0. The summed E-state index contributed by atoms with van der Waals surface area (Å²) in [7, 11) is 3.89. The SMILES string of the molecule is CN=C(NCCN(C)C(C)C)Nc1ccc2c(c1)OCCCO2.I. The average molecular weight is 448 g/mol. The number of halogens is 1. The van der Waals surface area contributed by atoms with E-state index in [0.717, 1.165) is 42.7 Å². The highest BCUT2D eigenvalue weighted by molar-refractivity contribution is 14.0. The van der Waals surface area contributed by atoms with Crippen LogP contribution in [0.5, 0.6) is 11.5 Å². The third kappa shape index (κ3) is 6.35. The lowest BCUT2D eigenvalue weighted by molar-refractivity contribution is 0.278. The van der Waals surface area contributed by atoms with Crippen LogP contribution in [0.1, 0.15) is 20.3 Å². The maximum atomic E-state index is 5.71. The Labute approximate surface area is 162 Å². The van der Waals surface area contributed by atoms with E-state index in [-0.39, 0.29) is 24.0 Å². The van der Waals surface area contributed by atoms with Crippen molar-refractivity contribution in [3.05, 3.63) is 18.2 Å². The predicted molar refractivity (Wildman–Crippen MR) is 110 cm³/mol. The van der Waals surface area contributed by atoms with Gasteiger partial charge in [0.2, 0.25) is 0 Å². The fourth-order valence-corrected chi connectivity index (χ4v) is 2.17. The number of rotatable bonds is 5. The molecule has 2 N–H and O–H groups in total. The topological polar surface area (TPSA) is 58.1 Å². The maximum absolute atomic E-state index is 5.71. The Morgan fingerprint density at radius 2 is 1.96 bits per heavy atom. The van der Waals surface area contributed by atoms with Gasteiger partial charge in [0.25, 0.3) is 0 Å². The first-order chi connectivity index (χ1) is 11.1. The van der Waals surface area contributed by atoms with E-state index in [1.807, 2.05) is 18.2 Å². The van der Waals surface area contributed by atoms with Gasteiger partial charge in [0.1, 0.15) is 0 Å². The van der Waals surface area contributed by atoms with Gasteiger partial charge in [-0.05, 0) is 33.0 Å². The molecule has 0 spiro atoms. The van der Waals surface area contributed by atoms with Gasteiger partial charge in [-0.15, -0.1) is 24.0 Å². The summed E-state index contributed by atoms with van der Waals surface area (Å²) >= 11 is 0. The second-order valence-corrected chi connectivity index (χ2v) is 5.91. The Morgan fingerprint density at radius 1 is 1.25 bits per heavy atom. The average Bonchev–Trinajstić information content (AvgIpc) is 2.78. The molecular weight excluding hydrogens is 419 g/mol. The molecule has 0 fully saturated rings. The summed E-state index contributed by atoms with van der Waals surface area (Å²) < 4.78 is 11.4. The Hall–Kier alpha value is -1.22. The lowest BCUT2D eigenvalue weighted by atomic mass is 10.3. The van der Waals surface area contributed by atoms with E-state index in [4.69, 9.17) is 9.47 Å². The minimum atomic E-state index is 0. The van der Waals surface area contributed by atoms with Gasteiger partial charge >= 0.3 is 0 Å². The Balaban J connectivity index is 0.00000288. The van der Waals surface area contributed by atoms with Crippen molar-refractivity contribution >= 4 is 35.6 Å². The van der Waals surface area contributed by atoms with E-state index in [1.165, 1.54) is 0 Å². The number of benzene rings is 1. The van der Waals surface area contributed by atoms with Crippen LogP contribution in [0, 0.1) is 0 Å². The number of aliphatic imine (C=N–C) groups is 1. The zero-order valence-corrected chi connectivity index (χ0v) is 17.3. The fourth-order valence-electron chi connectivity index (χ4n) is 2.17. The van der Waals surface area contributed by atoms with Crippen molar-refractivity contribution in [1.29, 1.82) is 0 Å². The second kappa shape index (κ2) is 10.6. The van der Waals surface area contributed by atoms with E-state index < -0.39 is 0 Å². The van der Waals surface area contributed by atoms with Gasteiger partial charge in [-0.2, -0.15) is 0 Å². The minimum Gasteiger partial charge on any atom is -0.490 e. The largest absolute Gasteiger partial charge is 0.490 e. The fraction of sp³-hybridized carbons (Fsp3) is 0.588. The molecule has 2 rings (SSSR count). The molecule has 0 aromatic heterocycles. The van der Waals surface area contributed by atoms with Crippen molar-refractivity contribution in [2.24, 2.45) is 4.99 Å². The Bertz CT molecular complexity index is 537. The van der Waals surface area contributed by atoms with Crippen LogP contribution in [0.2, 0.25) is 0 Å². The van der Waals surface area contributed by atoms with Gasteiger partial charge in [0, 0.05) is 44.4 Å². The lowest BCUT2D eigenvalue weighted by Crippen LogP contribution is -2.38. The molecule has 0 saturated carbocycles. The molecule has 0 unspecified atom stereocenters. The standard InChI is InChI=1S/C17H28N4O2.HI/c1-13(2)21(4)9-8-19-17(18-3)20-14-6-7-15-16(12-14)23-11-5-10-22-15;/h6-7,12-13H,5,8-11H2,1-4H3,(H2,18,19,20);1H. The van der Waals surface area contributed by atoms with Crippen LogP contribution in [0.25, 0.3) is 0 Å². The molecule has 1 aromatic carbocycles. The first-order valence-corrected chi connectivity index (χ1v) is 8.17. The monoisotopic (exact) mass is 448 g/mol. The van der Waals surface area contributed by atoms with Crippen LogP contribution in [-0.4, -0.2) is 57.3 Å². The summed E-state index contributed by atoms with van der Waals surface area (Å²) in [6.07, 6.45) is 0.907. The highest BCUT2D eigenvalue weighted by atomic mass is 127. The van der Waals surface area contributed by atoms with Gasteiger partial charge in [-0.3, -0.25) is 4.99 Å². The number of hydrogen-bond donors (Lipinski definition) is 2. The second-order valence-electron chi connectivity index (χ2n) is 5.91. The third-order valence-electron chi connectivity index (χ3n) is 3.87. The number of guanidine groups is 1. The van der Waals surface area contributed by atoms with Crippen molar-refractivity contribution in [3.63, 3.8) is 0 Å². The van der Waals surface area contributed by atoms with Crippen LogP contribution in [0.4, 0.5) is 5.69 Å². The maximum Gasteiger partial charge on any atom is 0.195 e. The highest BCUT2D eigenvalue weighted by Gasteiger charge is 2.11. The molecule has 0 saturated heterocycles. The van der Waals surface area contributed by atoms with E-state index in [0.29, 0.717) is 19.3 Å². The molecule has 0 atom stereocenters. The number of fused-ring (bicyclic) bond motifs is 1. The molecule has 1 aliphatic heterocycles. The first-order valence-electron chi connectivity index (χ1n) is 8.17. The number of anilines is 1. The number of likely N-dealkylation sites (N-methyl/N-ethyl adjacent to an activating group) is 1. The molecule has 136 valence electrons. The lowest BCUT2D eigenvalue weighted by Gasteiger charge is -2.21. The molecular formula is C17H29IN4O2.